The van der Waals surface area contributed by atoms with Gasteiger partial charge in [-0.3, -0.25) is 4.68 Å². The van der Waals surface area contributed by atoms with Gasteiger partial charge in [0.25, 0.3) is 0 Å². The molecule has 0 fully saturated rings. The molecule has 0 amide bonds. The first-order valence-corrected chi connectivity index (χ1v) is 5.42. The van der Waals surface area contributed by atoms with Crippen LogP contribution < -0.4 is 5.73 Å². The van der Waals surface area contributed by atoms with Gasteiger partial charge in [0.1, 0.15) is 12.2 Å². The minimum Gasteiger partial charge on any atom is -0.377 e. The molecule has 0 aliphatic carbocycles. The molecule has 0 aliphatic heterocycles. The van der Waals surface area contributed by atoms with Gasteiger partial charge in [-0.15, -0.1) is 0 Å². The summed E-state index contributed by atoms with van der Waals surface area (Å²) >= 11 is 0. The maximum absolute atomic E-state index is 6.01. The molecule has 1 aromatic rings. The van der Waals surface area contributed by atoms with Gasteiger partial charge in [0.05, 0.1) is 6.10 Å². The summed E-state index contributed by atoms with van der Waals surface area (Å²) < 4.78 is 7.30. The van der Waals surface area contributed by atoms with Crippen LogP contribution in [0.3, 0.4) is 0 Å². The van der Waals surface area contributed by atoms with Gasteiger partial charge >= 0.3 is 0 Å². The molecule has 5 heteroatoms. The molecule has 2 N–H and O–H groups in total. The molecule has 86 valence electrons. The highest BCUT2D eigenvalue weighted by molar-refractivity contribution is 4.90. The SMILES string of the molecule is CCOC(C)C(N)Cc1ncnn1CC. The minimum absolute atomic E-state index is 0.0283. The summed E-state index contributed by atoms with van der Waals surface area (Å²) in [5.74, 6) is 0.927. The first-order valence-electron chi connectivity index (χ1n) is 5.42. The summed E-state index contributed by atoms with van der Waals surface area (Å²) in [5.41, 5.74) is 6.01. The van der Waals surface area contributed by atoms with Crippen molar-refractivity contribution in [1.29, 1.82) is 0 Å². The molecule has 0 saturated heterocycles. The van der Waals surface area contributed by atoms with Crippen LogP contribution >= 0.6 is 0 Å². The molecule has 0 aromatic carbocycles. The van der Waals surface area contributed by atoms with E-state index in [0.29, 0.717) is 13.0 Å². The van der Waals surface area contributed by atoms with E-state index in [1.165, 1.54) is 0 Å². The number of nitrogens with two attached hydrogens (primary N) is 1. The number of rotatable bonds is 6. The Morgan fingerprint density at radius 1 is 1.53 bits per heavy atom. The first kappa shape index (κ1) is 12.1. The van der Waals surface area contributed by atoms with Gasteiger partial charge in [0.15, 0.2) is 0 Å². The topological polar surface area (TPSA) is 66.0 Å². The Hall–Kier alpha value is -0.940. The van der Waals surface area contributed by atoms with E-state index in [9.17, 15) is 0 Å². The maximum atomic E-state index is 6.01. The molecule has 2 atom stereocenters. The molecule has 0 aliphatic rings. The molecule has 1 rings (SSSR count). The van der Waals surface area contributed by atoms with Crippen LogP contribution in [0.1, 0.15) is 26.6 Å². The van der Waals surface area contributed by atoms with E-state index < -0.39 is 0 Å². The van der Waals surface area contributed by atoms with E-state index in [1.54, 1.807) is 6.33 Å². The van der Waals surface area contributed by atoms with Crippen molar-refractivity contribution < 1.29 is 4.74 Å². The highest BCUT2D eigenvalue weighted by atomic mass is 16.5. The molecule has 15 heavy (non-hydrogen) atoms. The molecule has 0 radical (unpaired) electrons. The Bertz CT molecular complexity index is 287. The molecule has 1 heterocycles. The predicted molar refractivity (Wildman–Crippen MR) is 58.5 cm³/mol. The van der Waals surface area contributed by atoms with Crippen molar-refractivity contribution in [3.63, 3.8) is 0 Å². The predicted octanol–water partition coefficient (Wildman–Crippen LogP) is 0.593. The van der Waals surface area contributed by atoms with Crippen molar-refractivity contribution in [3.8, 4) is 0 Å². The summed E-state index contributed by atoms with van der Waals surface area (Å²) in [6, 6.07) is -0.0283. The summed E-state index contributed by atoms with van der Waals surface area (Å²) in [7, 11) is 0. The second-order valence-electron chi connectivity index (χ2n) is 3.52. The van der Waals surface area contributed by atoms with Crippen LogP contribution in [0.25, 0.3) is 0 Å². The third kappa shape index (κ3) is 3.28. The van der Waals surface area contributed by atoms with Crippen molar-refractivity contribution in [2.45, 2.75) is 45.9 Å². The van der Waals surface area contributed by atoms with Crippen LogP contribution in [0, 0.1) is 0 Å². The summed E-state index contributed by atoms with van der Waals surface area (Å²) in [5, 5.41) is 4.10. The Morgan fingerprint density at radius 2 is 2.27 bits per heavy atom. The molecular formula is C10H20N4O. The monoisotopic (exact) mass is 212 g/mol. The first-order chi connectivity index (χ1) is 7.19. The minimum atomic E-state index is -0.0283. The van der Waals surface area contributed by atoms with Crippen LogP contribution in [0.2, 0.25) is 0 Å². The van der Waals surface area contributed by atoms with Crippen molar-refractivity contribution >= 4 is 0 Å². The van der Waals surface area contributed by atoms with E-state index >= 15 is 0 Å². The largest absolute Gasteiger partial charge is 0.377 e. The zero-order valence-corrected chi connectivity index (χ0v) is 9.68. The molecular weight excluding hydrogens is 192 g/mol. The van der Waals surface area contributed by atoms with Gasteiger partial charge in [-0.2, -0.15) is 5.10 Å². The van der Waals surface area contributed by atoms with Gasteiger partial charge in [0, 0.05) is 25.6 Å². The third-order valence-corrected chi connectivity index (χ3v) is 2.45. The average Bonchev–Trinajstić information content (AvgIpc) is 2.65. The molecule has 5 nitrogen and oxygen atoms in total. The van der Waals surface area contributed by atoms with Crippen LogP contribution in [0.5, 0.6) is 0 Å². The van der Waals surface area contributed by atoms with Crippen LogP contribution in [0.15, 0.2) is 6.33 Å². The maximum Gasteiger partial charge on any atom is 0.138 e. The van der Waals surface area contributed by atoms with Gasteiger partial charge in [-0.25, -0.2) is 4.98 Å². The van der Waals surface area contributed by atoms with E-state index in [2.05, 4.69) is 10.1 Å². The second kappa shape index (κ2) is 5.82. The summed E-state index contributed by atoms with van der Waals surface area (Å²) in [6.45, 7) is 7.51. The molecule has 1 aromatic heterocycles. The fourth-order valence-electron chi connectivity index (χ4n) is 1.47. The molecule has 0 saturated carbocycles. The number of hydrogen-bond donors (Lipinski definition) is 1. The van der Waals surface area contributed by atoms with Crippen molar-refractivity contribution in [1.82, 2.24) is 14.8 Å². The Balaban J connectivity index is 2.53. The second-order valence-corrected chi connectivity index (χ2v) is 3.52. The molecule has 0 spiro atoms. The Kier molecular flexibility index (Phi) is 4.71. The van der Waals surface area contributed by atoms with Crippen molar-refractivity contribution in [3.05, 3.63) is 12.2 Å². The number of nitrogens with zero attached hydrogens (tertiary/aromatic N) is 3. The smallest absolute Gasteiger partial charge is 0.138 e. The Morgan fingerprint density at radius 3 is 2.87 bits per heavy atom. The van der Waals surface area contributed by atoms with Crippen LogP contribution in [-0.2, 0) is 17.7 Å². The van der Waals surface area contributed by atoms with E-state index in [4.69, 9.17) is 10.5 Å². The highest BCUT2D eigenvalue weighted by Crippen LogP contribution is 2.04. The normalized spacial score (nSPS) is 15.2. The zero-order chi connectivity index (χ0) is 11.3. The quantitative estimate of drug-likeness (QED) is 0.749. The van der Waals surface area contributed by atoms with Gasteiger partial charge in [-0.1, -0.05) is 0 Å². The van der Waals surface area contributed by atoms with Crippen molar-refractivity contribution in [2.75, 3.05) is 6.61 Å². The molecule has 0 bridgehead atoms. The van der Waals surface area contributed by atoms with Gasteiger partial charge < -0.3 is 10.5 Å². The number of hydrogen-bond acceptors (Lipinski definition) is 4. The highest BCUT2D eigenvalue weighted by Gasteiger charge is 2.16. The lowest BCUT2D eigenvalue weighted by Crippen LogP contribution is -2.37. The lowest BCUT2D eigenvalue weighted by molar-refractivity contribution is 0.0570. The van der Waals surface area contributed by atoms with Crippen LogP contribution in [0.4, 0.5) is 0 Å². The van der Waals surface area contributed by atoms with Crippen molar-refractivity contribution in [2.24, 2.45) is 5.73 Å². The third-order valence-electron chi connectivity index (χ3n) is 2.45. The Labute approximate surface area is 90.6 Å². The summed E-state index contributed by atoms with van der Waals surface area (Å²) in [4.78, 5) is 4.19. The standard InChI is InChI=1S/C10H20N4O/c1-4-14-10(12-7-13-14)6-9(11)8(3)15-5-2/h7-9H,4-6,11H2,1-3H3. The number of aromatic nitrogens is 3. The number of aryl methyl sites for hydroxylation is 1. The summed E-state index contributed by atoms with van der Waals surface area (Å²) in [6.07, 6.45) is 2.32. The fourth-order valence-corrected chi connectivity index (χ4v) is 1.47. The van der Waals surface area contributed by atoms with E-state index in [0.717, 1.165) is 12.4 Å². The average molecular weight is 212 g/mol. The van der Waals surface area contributed by atoms with Gasteiger partial charge in [-0.05, 0) is 20.8 Å². The lowest BCUT2D eigenvalue weighted by Gasteiger charge is -2.19. The lowest BCUT2D eigenvalue weighted by atomic mass is 10.1. The van der Waals surface area contributed by atoms with E-state index in [-0.39, 0.29) is 12.1 Å². The zero-order valence-electron chi connectivity index (χ0n) is 9.68. The number of ether oxygens (including phenoxy) is 1. The fraction of sp³-hybridized carbons (Fsp3) is 0.800. The van der Waals surface area contributed by atoms with Gasteiger partial charge in [0.2, 0.25) is 0 Å². The van der Waals surface area contributed by atoms with E-state index in [1.807, 2.05) is 25.5 Å². The molecule has 2 unspecified atom stereocenters. The van der Waals surface area contributed by atoms with Crippen LogP contribution in [-0.4, -0.2) is 33.5 Å².